The smallest absolute Gasteiger partial charge is 0.263 e. The highest BCUT2D eigenvalue weighted by Gasteiger charge is 2.23. The van der Waals surface area contributed by atoms with E-state index in [4.69, 9.17) is 0 Å². The van der Waals surface area contributed by atoms with Crippen molar-refractivity contribution in [1.29, 1.82) is 0 Å². The SMILES string of the molecule is CNCC1CCCN1Cc1cccc(C(F)F)c1.Cl. The fraction of sp³-hybridized carbons (Fsp3) is 0.571. The minimum absolute atomic E-state index is 0. The third-order valence-electron chi connectivity index (χ3n) is 3.53. The van der Waals surface area contributed by atoms with Gasteiger partial charge < -0.3 is 5.32 Å². The lowest BCUT2D eigenvalue weighted by atomic mass is 10.1. The number of hydrogen-bond acceptors (Lipinski definition) is 2. The highest BCUT2D eigenvalue weighted by molar-refractivity contribution is 5.85. The molecular formula is C14H21ClF2N2. The predicted octanol–water partition coefficient (Wildman–Crippen LogP) is 3.23. The van der Waals surface area contributed by atoms with Crippen molar-refractivity contribution in [2.75, 3.05) is 20.1 Å². The number of nitrogens with zero attached hydrogens (tertiary/aromatic N) is 1. The fourth-order valence-electron chi connectivity index (χ4n) is 2.63. The summed E-state index contributed by atoms with van der Waals surface area (Å²) in [5.41, 5.74) is 1.10. The molecule has 1 aliphatic heterocycles. The number of nitrogens with one attached hydrogen (secondary N) is 1. The molecule has 1 N–H and O–H groups in total. The molecule has 1 heterocycles. The van der Waals surface area contributed by atoms with Gasteiger partial charge in [-0.3, -0.25) is 4.90 Å². The lowest BCUT2D eigenvalue weighted by Gasteiger charge is -2.24. The van der Waals surface area contributed by atoms with Crippen molar-refractivity contribution in [2.45, 2.75) is 31.9 Å². The number of rotatable bonds is 5. The molecular weight excluding hydrogens is 270 g/mol. The Bertz CT molecular complexity index is 387. The van der Waals surface area contributed by atoms with E-state index < -0.39 is 6.43 Å². The monoisotopic (exact) mass is 290 g/mol. The van der Waals surface area contributed by atoms with Crippen molar-refractivity contribution in [2.24, 2.45) is 0 Å². The van der Waals surface area contributed by atoms with Crippen molar-refractivity contribution in [3.05, 3.63) is 35.4 Å². The maximum Gasteiger partial charge on any atom is 0.263 e. The quantitative estimate of drug-likeness (QED) is 0.896. The summed E-state index contributed by atoms with van der Waals surface area (Å²) in [5.74, 6) is 0. The number of likely N-dealkylation sites (tertiary alicyclic amines) is 1. The van der Waals surface area contributed by atoms with Gasteiger partial charge in [0.2, 0.25) is 0 Å². The summed E-state index contributed by atoms with van der Waals surface area (Å²) in [6, 6.07) is 7.30. The van der Waals surface area contributed by atoms with Crippen LogP contribution in [0.1, 0.15) is 30.4 Å². The Morgan fingerprint density at radius 2 is 2.21 bits per heavy atom. The molecule has 1 aromatic rings. The Morgan fingerprint density at radius 3 is 2.89 bits per heavy atom. The molecule has 0 amide bonds. The molecule has 0 aliphatic carbocycles. The molecule has 0 spiro atoms. The fourth-order valence-corrected chi connectivity index (χ4v) is 2.63. The zero-order valence-corrected chi connectivity index (χ0v) is 11.9. The van der Waals surface area contributed by atoms with E-state index in [1.807, 2.05) is 13.1 Å². The van der Waals surface area contributed by atoms with E-state index in [1.165, 1.54) is 18.9 Å². The van der Waals surface area contributed by atoms with Crippen molar-refractivity contribution in [1.82, 2.24) is 10.2 Å². The second-order valence-corrected chi connectivity index (χ2v) is 4.87. The molecule has 1 saturated heterocycles. The van der Waals surface area contributed by atoms with Gasteiger partial charge in [0.1, 0.15) is 0 Å². The molecule has 0 radical (unpaired) electrons. The zero-order chi connectivity index (χ0) is 13.0. The lowest BCUT2D eigenvalue weighted by Crippen LogP contribution is -2.36. The van der Waals surface area contributed by atoms with Crippen LogP contribution in [0.5, 0.6) is 0 Å². The number of halogens is 3. The summed E-state index contributed by atoms with van der Waals surface area (Å²) in [5, 5.41) is 3.19. The molecule has 0 saturated carbocycles. The first-order valence-electron chi connectivity index (χ1n) is 6.46. The summed E-state index contributed by atoms with van der Waals surface area (Å²) in [6.07, 6.45) is 0.00706. The lowest BCUT2D eigenvalue weighted by molar-refractivity contribution is 0.151. The van der Waals surface area contributed by atoms with E-state index in [2.05, 4.69) is 10.2 Å². The second kappa shape index (κ2) is 7.78. The predicted molar refractivity (Wildman–Crippen MR) is 76.0 cm³/mol. The van der Waals surface area contributed by atoms with E-state index in [9.17, 15) is 8.78 Å². The third kappa shape index (κ3) is 4.41. The van der Waals surface area contributed by atoms with E-state index in [0.29, 0.717) is 6.04 Å². The van der Waals surface area contributed by atoms with E-state index in [1.54, 1.807) is 12.1 Å². The van der Waals surface area contributed by atoms with Gasteiger partial charge in [0.05, 0.1) is 0 Å². The van der Waals surface area contributed by atoms with Gasteiger partial charge >= 0.3 is 0 Å². The Hall–Kier alpha value is -0.710. The van der Waals surface area contributed by atoms with Crippen LogP contribution in [0.4, 0.5) is 8.78 Å². The number of benzene rings is 1. The molecule has 5 heteroatoms. The molecule has 1 aliphatic rings. The maximum absolute atomic E-state index is 12.6. The van der Waals surface area contributed by atoms with Crippen LogP contribution in [-0.4, -0.2) is 31.1 Å². The van der Waals surface area contributed by atoms with Crippen LogP contribution in [0.25, 0.3) is 0 Å². The van der Waals surface area contributed by atoms with Crippen LogP contribution in [-0.2, 0) is 6.54 Å². The second-order valence-electron chi connectivity index (χ2n) is 4.87. The van der Waals surface area contributed by atoms with Gasteiger partial charge in [-0.2, -0.15) is 0 Å². The van der Waals surface area contributed by atoms with Gasteiger partial charge in [0.25, 0.3) is 6.43 Å². The number of alkyl halides is 2. The summed E-state index contributed by atoms with van der Waals surface area (Å²) in [6.45, 7) is 2.80. The van der Waals surface area contributed by atoms with E-state index >= 15 is 0 Å². The van der Waals surface area contributed by atoms with Crippen molar-refractivity contribution in [3.8, 4) is 0 Å². The van der Waals surface area contributed by atoms with Gasteiger partial charge in [-0.25, -0.2) is 8.78 Å². The largest absolute Gasteiger partial charge is 0.318 e. The Morgan fingerprint density at radius 1 is 1.42 bits per heavy atom. The molecule has 1 fully saturated rings. The number of hydrogen-bond donors (Lipinski definition) is 1. The van der Waals surface area contributed by atoms with E-state index in [-0.39, 0.29) is 18.0 Å². The highest BCUT2D eigenvalue weighted by Crippen LogP contribution is 2.23. The average molecular weight is 291 g/mol. The molecule has 0 bridgehead atoms. The summed E-state index contributed by atoms with van der Waals surface area (Å²) in [7, 11) is 1.95. The van der Waals surface area contributed by atoms with Crippen LogP contribution >= 0.6 is 12.4 Å². The third-order valence-corrected chi connectivity index (χ3v) is 3.53. The molecule has 1 aromatic carbocycles. The minimum Gasteiger partial charge on any atom is -0.318 e. The zero-order valence-electron chi connectivity index (χ0n) is 11.1. The summed E-state index contributed by atoms with van der Waals surface area (Å²) >= 11 is 0. The van der Waals surface area contributed by atoms with Crippen LogP contribution in [0.2, 0.25) is 0 Å². The molecule has 1 unspecified atom stereocenters. The van der Waals surface area contributed by atoms with Crippen LogP contribution in [0.3, 0.4) is 0 Å². The molecule has 2 nitrogen and oxygen atoms in total. The molecule has 1 atom stereocenters. The van der Waals surface area contributed by atoms with Gasteiger partial charge in [0.15, 0.2) is 0 Å². The van der Waals surface area contributed by atoms with Crippen LogP contribution < -0.4 is 5.32 Å². The Balaban J connectivity index is 0.00000180. The first kappa shape index (κ1) is 16.3. The molecule has 0 aromatic heterocycles. The van der Waals surface area contributed by atoms with Crippen molar-refractivity contribution >= 4 is 12.4 Å². The maximum atomic E-state index is 12.6. The van der Waals surface area contributed by atoms with Crippen molar-refractivity contribution in [3.63, 3.8) is 0 Å². The standard InChI is InChI=1S/C14H20F2N2.ClH/c1-17-9-13-6-3-7-18(13)10-11-4-2-5-12(8-11)14(15)16;/h2,4-5,8,13-14,17H,3,6-7,9-10H2,1H3;1H. The van der Waals surface area contributed by atoms with Gasteiger partial charge in [-0.1, -0.05) is 18.2 Å². The van der Waals surface area contributed by atoms with Crippen LogP contribution in [0.15, 0.2) is 24.3 Å². The van der Waals surface area contributed by atoms with E-state index in [0.717, 1.165) is 25.2 Å². The summed E-state index contributed by atoms with van der Waals surface area (Å²) in [4.78, 5) is 2.38. The van der Waals surface area contributed by atoms with Crippen LogP contribution in [0, 0.1) is 0 Å². The topological polar surface area (TPSA) is 15.3 Å². The normalized spacial score (nSPS) is 19.7. The summed E-state index contributed by atoms with van der Waals surface area (Å²) < 4.78 is 25.3. The van der Waals surface area contributed by atoms with Crippen molar-refractivity contribution < 1.29 is 8.78 Å². The Labute approximate surface area is 119 Å². The van der Waals surface area contributed by atoms with Gasteiger partial charge in [0, 0.05) is 24.7 Å². The highest BCUT2D eigenvalue weighted by atomic mass is 35.5. The molecule has 2 rings (SSSR count). The van der Waals surface area contributed by atoms with Gasteiger partial charge in [-0.15, -0.1) is 12.4 Å². The minimum atomic E-state index is -2.38. The number of likely N-dealkylation sites (N-methyl/N-ethyl adjacent to an activating group) is 1. The van der Waals surface area contributed by atoms with Gasteiger partial charge in [-0.05, 0) is 38.1 Å². The Kier molecular flexibility index (Phi) is 6.69. The molecule has 108 valence electrons. The average Bonchev–Trinajstić information content (AvgIpc) is 2.77. The first-order valence-corrected chi connectivity index (χ1v) is 6.46. The molecule has 19 heavy (non-hydrogen) atoms. The first-order chi connectivity index (χ1) is 8.70.